The number of aromatic nitrogens is 2. The molecular weight excluding hydrogens is 270 g/mol. The molecule has 0 spiro atoms. The van der Waals surface area contributed by atoms with Crippen LogP contribution in [-0.4, -0.2) is 23.3 Å². The molecule has 20 heavy (non-hydrogen) atoms. The summed E-state index contributed by atoms with van der Waals surface area (Å²) < 4.78 is 5.80. The molecule has 1 saturated heterocycles. The summed E-state index contributed by atoms with van der Waals surface area (Å²) in [4.78, 5) is 0. The molecule has 5 heteroatoms. The van der Waals surface area contributed by atoms with Crippen molar-refractivity contribution in [3.63, 3.8) is 0 Å². The molecule has 0 radical (unpaired) electrons. The van der Waals surface area contributed by atoms with Crippen LogP contribution < -0.4 is 5.32 Å². The lowest BCUT2D eigenvalue weighted by atomic mass is 9.98. The molecule has 1 fully saturated rings. The van der Waals surface area contributed by atoms with Crippen LogP contribution in [0.3, 0.4) is 0 Å². The molecule has 1 aromatic heterocycles. The predicted octanol–water partition coefficient (Wildman–Crippen LogP) is 3.14. The van der Waals surface area contributed by atoms with Crippen LogP contribution in [0.5, 0.6) is 0 Å². The summed E-state index contributed by atoms with van der Waals surface area (Å²) in [6.07, 6.45) is 2.17. The van der Waals surface area contributed by atoms with E-state index in [0.29, 0.717) is 11.1 Å². The largest absolute Gasteiger partial charge is 0.416 e. The molecule has 1 aliphatic rings. The fraction of sp³-hybridized carbons (Fsp3) is 0.467. The van der Waals surface area contributed by atoms with E-state index >= 15 is 0 Å². The molecule has 0 unspecified atom stereocenters. The second-order valence-corrected chi connectivity index (χ2v) is 6.07. The molecule has 0 saturated carbocycles. The highest BCUT2D eigenvalue weighted by Crippen LogP contribution is 2.28. The summed E-state index contributed by atoms with van der Waals surface area (Å²) in [5.74, 6) is 2.11. The first-order valence-electron chi connectivity index (χ1n) is 7.04. The van der Waals surface area contributed by atoms with E-state index in [9.17, 15) is 0 Å². The first-order chi connectivity index (χ1) is 9.83. The number of benzene rings is 1. The number of piperidine rings is 1. The Bertz CT molecular complexity index is 564. The number of thioether (sulfide) groups is 1. The molecule has 1 N–H and O–H groups in total. The molecule has 1 aromatic carbocycles. The third kappa shape index (κ3) is 3.22. The second-order valence-electron chi connectivity index (χ2n) is 5.15. The van der Waals surface area contributed by atoms with Crippen molar-refractivity contribution in [3.05, 3.63) is 41.3 Å². The summed E-state index contributed by atoms with van der Waals surface area (Å²) in [5.41, 5.74) is 2.62. The fourth-order valence-corrected chi connectivity index (χ4v) is 3.27. The molecule has 3 rings (SSSR count). The lowest BCUT2D eigenvalue weighted by Crippen LogP contribution is -2.26. The van der Waals surface area contributed by atoms with Gasteiger partial charge in [-0.2, -0.15) is 0 Å². The topological polar surface area (TPSA) is 51.0 Å². The van der Waals surface area contributed by atoms with E-state index < -0.39 is 0 Å². The van der Waals surface area contributed by atoms with Gasteiger partial charge in [0.25, 0.3) is 5.22 Å². The van der Waals surface area contributed by atoms with Crippen molar-refractivity contribution in [2.75, 3.05) is 13.1 Å². The van der Waals surface area contributed by atoms with Crippen molar-refractivity contribution in [1.29, 1.82) is 0 Å². The summed E-state index contributed by atoms with van der Waals surface area (Å²) in [6.45, 7) is 4.21. The lowest BCUT2D eigenvalue weighted by Gasteiger charge is -2.18. The van der Waals surface area contributed by atoms with Crippen LogP contribution in [-0.2, 0) is 5.75 Å². The highest BCUT2D eigenvalue weighted by Gasteiger charge is 2.21. The fourth-order valence-electron chi connectivity index (χ4n) is 2.42. The van der Waals surface area contributed by atoms with Gasteiger partial charge in [0, 0.05) is 11.7 Å². The first kappa shape index (κ1) is 13.6. The molecule has 4 nitrogen and oxygen atoms in total. The molecule has 0 aliphatic carbocycles. The molecule has 0 atom stereocenters. The van der Waals surface area contributed by atoms with E-state index in [1.165, 1.54) is 11.1 Å². The van der Waals surface area contributed by atoms with Crippen LogP contribution in [0.4, 0.5) is 0 Å². The number of nitrogens with zero attached hydrogens (tertiary/aromatic N) is 2. The minimum Gasteiger partial charge on any atom is -0.416 e. The summed E-state index contributed by atoms with van der Waals surface area (Å²) in [6, 6.07) is 8.40. The maximum atomic E-state index is 5.80. The van der Waals surface area contributed by atoms with E-state index in [0.717, 1.165) is 37.6 Å². The molecule has 106 valence electrons. The van der Waals surface area contributed by atoms with E-state index in [2.05, 4.69) is 46.7 Å². The Morgan fingerprint density at radius 2 is 2.05 bits per heavy atom. The maximum Gasteiger partial charge on any atom is 0.276 e. The monoisotopic (exact) mass is 289 g/mol. The van der Waals surface area contributed by atoms with Crippen LogP contribution in [0.1, 0.15) is 35.8 Å². The van der Waals surface area contributed by atoms with Gasteiger partial charge >= 0.3 is 0 Å². The van der Waals surface area contributed by atoms with Crippen molar-refractivity contribution in [2.24, 2.45) is 0 Å². The molecule has 2 heterocycles. The third-order valence-corrected chi connectivity index (χ3v) is 4.59. The van der Waals surface area contributed by atoms with Gasteiger partial charge in [-0.1, -0.05) is 36.0 Å². The van der Waals surface area contributed by atoms with Gasteiger partial charge in [0.1, 0.15) is 0 Å². The molecule has 0 bridgehead atoms. The number of rotatable bonds is 4. The number of aryl methyl sites for hydroxylation is 1. The predicted molar refractivity (Wildman–Crippen MR) is 79.9 cm³/mol. The maximum absolute atomic E-state index is 5.80. The van der Waals surface area contributed by atoms with Crippen LogP contribution in [0.2, 0.25) is 0 Å². The average molecular weight is 289 g/mol. The Kier molecular flexibility index (Phi) is 4.38. The number of nitrogens with one attached hydrogen (secondary N) is 1. The number of hydrogen-bond acceptors (Lipinski definition) is 5. The van der Waals surface area contributed by atoms with Gasteiger partial charge < -0.3 is 9.73 Å². The van der Waals surface area contributed by atoms with Gasteiger partial charge in [-0.25, -0.2) is 0 Å². The second kappa shape index (κ2) is 6.41. The normalized spacial score (nSPS) is 16.4. The van der Waals surface area contributed by atoms with E-state index in [1.54, 1.807) is 11.8 Å². The van der Waals surface area contributed by atoms with E-state index in [1.807, 2.05) is 0 Å². The molecular formula is C15H19N3OS. The Morgan fingerprint density at radius 1 is 1.25 bits per heavy atom. The summed E-state index contributed by atoms with van der Waals surface area (Å²) >= 11 is 1.62. The van der Waals surface area contributed by atoms with Gasteiger partial charge in [0.05, 0.1) is 0 Å². The van der Waals surface area contributed by atoms with Crippen molar-refractivity contribution in [1.82, 2.24) is 15.5 Å². The highest BCUT2D eigenvalue weighted by atomic mass is 32.2. The van der Waals surface area contributed by atoms with Gasteiger partial charge in [0.15, 0.2) is 0 Å². The molecule has 1 aliphatic heterocycles. The SMILES string of the molecule is Cc1ccccc1CSc1nnc(C2CCNCC2)o1. The van der Waals surface area contributed by atoms with Crippen LogP contribution in [0, 0.1) is 6.92 Å². The first-order valence-corrected chi connectivity index (χ1v) is 8.03. The van der Waals surface area contributed by atoms with Crippen LogP contribution in [0.25, 0.3) is 0 Å². The highest BCUT2D eigenvalue weighted by molar-refractivity contribution is 7.98. The number of hydrogen-bond donors (Lipinski definition) is 1. The molecule has 2 aromatic rings. The van der Waals surface area contributed by atoms with Crippen molar-refractivity contribution >= 4 is 11.8 Å². The zero-order valence-corrected chi connectivity index (χ0v) is 12.4. The third-order valence-electron chi connectivity index (χ3n) is 3.72. The van der Waals surface area contributed by atoms with Crippen LogP contribution in [0.15, 0.2) is 33.9 Å². The van der Waals surface area contributed by atoms with Gasteiger partial charge in [-0.05, 0) is 44.0 Å². The van der Waals surface area contributed by atoms with Gasteiger partial charge in [-0.15, -0.1) is 10.2 Å². The Hall–Kier alpha value is -1.33. The average Bonchev–Trinajstić information content (AvgIpc) is 2.96. The van der Waals surface area contributed by atoms with Crippen molar-refractivity contribution in [3.8, 4) is 0 Å². The van der Waals surface area contributed by atoms with Gasteiger partial charge in [0.2, 0.25) is 5.89 Å². The Balaban J connectivity index is 1.61. The zero-order chi connectivity index (χ0) is 13.8. The minimum atomic E-state index is 0.427. The zero-order valence-electron chi connectivity index (χ0n) is 11.6. The quantitative estimate of drug-likeness (QED) is 0.876. The standard InChI is InChI=1S/C15H19N3OS/c1-11-4-2-3-5-13(11)10-20-15-18-17-14(19-15)12-6-8-16-9-7-12/h2-5,12,16H,6-10H2,1H3. The lowest BCUT2D eigenvalue weighted by molar-refractivity contribution is 0.342. The minimum absolute atomic E-state index is 0.427. The summed E-state index contributed by atoms with van der Waals surface area (Å²) in [7, 11) is 0. The molecule has 0 amide bonds. The Labute approximate surface area is 123 Å². The van der Waals surface area contributed by atoms with Crippen molar-refractivity contribution in [2.45, 2.75) is 36.7 Å². The Morgan fingerprint density at radius 3 is 2.85 bits per heavy atom. The summed E-state index contributed by atoms with van der Waals surface area (Å²) in [5, 5.41) is 12.4. The van der Waals surface area contributed by atoms with Gasteiger partial charge in [-0.3, -0.25) is 0 Å². The van der Waals surface area contributed by atoms with E-state index in [-0.39, 0.29) is 0 Å². The smallest absolute Gasteiger partial charge is 0.276 e. The van der Waals surface area contributed by atoms with Crippen LogP contribution >= 0.6 is 11.8 Å². The van der Waals surface area contributed by atoms with E-state index in [4.69, 9.17) is 4.42 Å². The van der Waals surface area contributed by atoms with Crippen molar-refractivity contribution < 1.29 is 4.42 Å².